The van der Waals surface area contributed by atoms with Crippen LogP contribution in [0.4, 0.5) is 5.82 Å². The molecule has 0 saturated heterocycles. The van der Waals surface area contributed by atoms with Crippen molar-refractivity contribution in [2.24, 2.45) is 0 Å². The van der Waals surface area contributed by atoms with Gasteiger partial charge in [-0.25, -0.2) is 0 Å². The Labute approximate surface area is 113 Å². The molecule has 0 aliphatic carbocycles. The molecule has 0 saturated carbocycles. The lowest BCUT2D eigenvalue weighted by atomic mass is 10.1. The van der Waals surface area contributed by atoms with E-state index in [1.54, 1.807) is 0 Å². The first-order valence-corrected chi connectivity index (χ1v) is 6.81. The van der Waals surface area contributed by atoms with E-state index in [0.717, 1.165) is 35.9 Å². The molecule has 2 aromatic rings. The van der Waals surface area contributed by atoms with Gasteiger partial charge in [0.1, 0.15) is 0 Å². The van der Waals surface area contributed by atoms with Crippen LogP contribution in [-0.4, -0.2) is 16.2 Å². The highest BCUT2D eigenvalue weighted by Crippen LogP contribution is 2.26. The number of benzene rings is 1. The summed E-state index contributed by atoms with van der Waals surface area (Å²) in [5.74, 6) is 0.829. The molecule has 0 spiro atoms. The van der Waals surface area contributed by atoms with Gasteiger partial charge < -0.3 is 5.32 Å². The summed E-state index contributed by atoms with van der Waals surface area (Å²) in [7, 11) is 0. The summed E-state index contributed by atoms with van der Waals surface area (Å²) in [6.45, 7) is 4.37. The van der Waals surface area contributed by atoms with Crippen molar-refractivity contribution < 1.29 is 0 Å². The zero-order chi connectivity index (χ0) is 13.0. The monoisotopic (exact) mass is 263 g/mol. The SMILES string of the molecule is CCCC(CC)Nc1nnc(Cl)c2ccccc12. The Bertz CT molecular complexity index is 527. The number of halogens is 1. The summed E-state index contributed by atoms with van der Waals surface area (Å²) in [5.41, 5.74) is 0. The number of nitrogens with zero attached hydrogens (tertiary/aromatic N) is 2. The fraction of sp³-hybridized carbons (Fsp3) is 0.429. The molecule has 4 heteroatoms. The molecule has 0 amide bonds. The van der Waals surface area contributed by atoms with Crippen molar-refractivity contribution in [3.63, 3.8) is 0 Å². The van der Waals surface area contributed by atoms with Crippen molar-refractivity contribution >= 4 is 28.2 Å². The van der Waals surface area contributed by atoms with Gasteiger partial charge in [0.05, 0.1) is 0 Å². The van der Waals surface area contributed by atoms with Gasteiger partial charge in [-0.1, -0.05) is 56.1 Å². The van der Waals surface area contributed by atoms with Crippen LogP contribution in [0.1, 0.15) is 33.1 Å². The van der Waals surface area contributed by atoms with Crippen molar-refractivity contribution in [1.29, 1.82) is 0 Å². The third kappa shape index (κ3) is 2.72. The molecule has 0 bridgehead atoms. The number of nitrogens with one attached hydrogen (secondary N) is 1. The molecule has 0 radical (unpaired) electrons. The fourth-order valence-electron chi connectivity index (χ4n) is 2.10. The molecule has 1 aromatic carbocycles. The second-order valence-corrected chi connectivity index (χ2v) is 4.78. The highest BCUT2D eigenvalue weighted by atomic mass is 35.5. The molecule has 1 atom stereocenters. The number of hydrogen-bond acceptors (Lipinski definition) is 3. The van der Waals surface area contributed by atoms with Crippen LogP contribution in [0.3, 0.4) is 0 Å². The van der Waals surface area contributed by atoms with Crippen LogP contribution in [-0.2, 0) is 0 Å². The van der Waals surface area contributed by atoms with Crippen LogP contribution in [0.5, 0.6) is 0 Å². The largest absolute Gasteiger partial charge is 0.365 e. The van der Waals surface area contributed by atoms with E-state index in [1.165, 1.54) is 0 Å². The summed E-state index contributed by atoms with van der Waals surface area (Å²) in [4.78, 5) is 0. The molecule has 0 fully saturated rings. The molecule has 96 valence electrons. The predicted octanol–water partition coefficient (Wildman–Crippen LogP) is 4.27. The number of rotatable bonds is 5. The van der Waals surface area contributed by atoms with Gasteiger partial charge in [0.2, 0.25) is 0 Å². The second-order valence-electron chi connectivity index (χ2n) is 4.42. The molecule has 0 aliphatic rings. The number of anilines is 1. The zero-order valence-corrected chi connectivity index (χ0v) is 11.5. The maximum atomic E-state index is 6.06. The first-order valence-electron chi connectivity index (χ1n) is 6.43. The van der Waals surface area contributed by atoms with E-state index in [2.05, 4.69) is 29.4 Å². The quantitative estimate of drug-likeness (QED) is 0.875. The number of fused-ring (bicyclic) bond motifs is 1. The second kappa shape index (κ2) is 6.01. The third-order valence-corrected chi connectivity index (χ3v) is 3.39. The minimum absolute atomic E-state index is 0.439. The molecule has 1 heterocycles. The van der Waals surface area contributed by atoms with Gasteiger partial charge in [0, 0.05) is 16.8 Å². The maximum Gasteiger partial charge on any atom is 0.159 e. The molecule has 2 rings (SSSR count). The Balaban J connectivity index is 2.36. The molecule has 1 unspecified atom stereocenters. The molecule has 18 heavy (non-hydrogen) atoms. The van der Waals surface area contributed by atoms with E-state index in [9.17, 15) is 0 Å². The van der Waals surface area contributed by atoms with Crippen LogP contribution in [0.2, 0.25) is 5.15 Å². The Hall–Kier alpha value is -1.35. The van der Waals surface area contributed by atoms with E-state index in [-0.39, 0.29) is 0 Å². The lowest BCUT2D eigenvalue weighted by molar-refractivity contribution is 0.620. The lowest BCUT2D eigenvalue weighted by Crippen LogP contribution is -2.19. The molecule has 0 aliphatic heterocycles. The normalized spacial score (nSPS) is 12.6. The van der Waals surface area contributed by atoms with Gasteiger partial charge in [0.25, 0.3) is 0 Å². The average molecular weight is 264 g/mol. The van der Waals surface area contributed by atoms with Crippen LogP contribution in [0.15, 0.2) is 24.3 Å². The van der Waals surface area contributed by atoms with Crippen LogP contribution in [0.25, 0.3) is 10.8 Å². The van der Waals surface area contributed by atoms with E-state index >= 15 is 0 Å². The van der Waals surface area contributed by atoms with Crippen molar-refractivity contribution in [2.75, 3.05) is 5.32 Å². The number of hydrogen-bond donors (Lipinski definition) is 1. The van der Waals surface area contributed by atoms with E-state index in [1.807, 2.05) is 24.3 Å². The minimum atomic E-state index is 0.439. The Morgan fingerprint density at radius 3 is 2.56 bits per heavy atom. The standard InChI is InChI=1S/C14H18ClN3/c1-3-7-10(4-2)16-14-12-9-6-5-8-11(12)13(15)17-18-14/h5-6,8-10H,3-4,7H2,1-2H3,(H,16,18). The summed E-state index contributed by atoms with van der Waals surface area (Å²) < 4.78 is 0. The maximum absolute atomic E-state index is 6.06. The minimum Gasteiger partial charge on any atom is -0.365 e. The smallest absolute Gasteiger partial charge is 0.159 e. The van der Waals surface area contributed by atoms with E-state index in [4.69, 9.17) is 11.6 Å². The first kappa shape index (κ1) is 13.1. The van der Waals surface area contributed by atoms with Gasteiger partial charge in [-0.3, -0.25) is 0 Å². The van der Waals surface area contributed by atoms with Gasteiger partial charge in [0.15, 0.2) is 11.0 Å². The van der Waals surface area contributed by atoms with Crippen LogP contribution >= 0.6 is 11.6 Å². The van der Waals surface area contributed by atoms with Crippen molar-refractivity contribution in [3.8, 4) is 0 Å². The van der Waals surface area contributed by atoms with Gasteiger partial charge in [-0.2, -0.15) is 0 Å². The first-order chi connectivity index (χ1) is 8.76. The predicted molar refractivity (Wildman–Crippen MR) is 77.2 cm³/mol. The van der Waals surface area contributed by atoms with E-state index in [0.29, 0.717) is 11.2 Å². The Morgan fingerprint density at radius 2 is 1.89 bits per heavy atom. The average Bonchev–Trinajstić information content (AvgIpc) is 2.41. The third-order valence-electron chi connectivity index (χ3n) is 3.11. The molecule has 3 nitrogen and oxygen atoms in total. The van der Waals surface area contributed by atoms with Gasteiger partial charge in [-0.15, -0.1) is 10.2 Å². The summed E-state index contributed by atoms with van der Waals surface area (Å²) in [6, 6.07) is 8.39. The van der Waals surface area contributed by atoms with Crippen molar-refractivity contribution in [1.82, 2.24) is 10.2 Å². The Kier molecular flexibility index (Phi) is 4.37. The molecule has 1 N–H and O–H groups in total. The zero-order valence-electron chi connectivity index (χ0n) is 10.8. The molecule has 1 aromatic heterocycles. The number of aromatic nitrogens is 2. The fourth-order valence-corrected chi connectivity index (χ4v) is 2.30. The Morgan fingerprint density at radius 1 is 1.17 bits per heavy atom. The molecular weight excluding hydrogens is 246 g/mol. The highest BCUT2D eigenvalue weighted by Gasteiger charge is 2.11. The summed E-state index contributed by atoms with van der Waals surface area (Å²) in [5, 5.41) is 14.1. The van der Waals surface area contributed by atoms with Crippen molar-refractivity contribution in [2.45, 2.75) is 39.2 Å². The van der Waals surface area contributed by atoms with E-state index < -0.39 is 0 Å². The van der Waals surface area contributed by atoms with Crippen molar-refractivity contribution in [3.05, 3.63) is 29.4 Å². The van der Waals surface area contributed by atoms with Crippen LogP contribution in [0, 0.1) is 0 Å². The summed E-state index contributed by atoms with van der Waals surface area (Å²) in [6.07, 6.45) is 3.37. The molecular formula is C14H18ClN3. The highest BCUT2D eigenvalue weighted by molar-refractivity contribution is 6.34. The van der Waals surface area contributed by atoms with Crippen LogP contribution < -0.4 is 5.32 Å². The van der Waals surface area contributed by atoms with Gasteiger partial charge >= 0.3 is 0 Å². The van der Waals surface area contributed by atoms with Gasteiger partial charge in [-0.05, 0) is 12.8 Å². The summed E-state index contributed by atoms with van der Waals surface area (Å²) >= 11 is 6.06. The lowest BCUT2D eigenvalue weighted by Gasteiger charge is -2.17. The topological polar surface area (TPSA) is 37.8 Å².